The minimum atomic E-state index is -3.80. The van der Waals surface area contributed by atoms with Gasteiger partial charge in [-0.3, -0.25) is 0 Å². The lowest BCUT2D eigenvalue weighted by Crippen LogP contribution is -2.40. The van der Waals surface area contributed by atoms with Gasteiger partial charge in [-0.15, -0.1) is 0 Å². The van der Waals surface area contributed by atoms with Crippen LogP contribution in [-0.4, -0.2) is 45.1 Å². The zero-order chi connectivity index (χ0) is 20.3. The van der Waals surface area contributed by atoms with Gasteiger partial charge in [-0.2, -0.15) is 4.31 Å². The molecule has 7 nitrogen and oxygen atoms in total. The molecule has 0 aromatic heterocycles. The molecule has 11 heteroatoms. The molecule has 0 spiro atoms. The van der Waals surface area contributed by atoms with Crippen LogP contribution >= 0.6 is 34.8 Å². The number of hydrogen-bond acceptors (Lipinski definition) is 4. The number of ether oxygens (including phenoxy) is 1. The third-order valence-corrected chi connectivity index (χ3v) is 7.07. The lowest BCUT2D eigenvalue weighted by atomic mass is 10.3. The van der Waals surface area contributed by atoms with Gasteiger partial charge in [-0.1, -0.05) is 34.8 Å². The predicted molar refractivity (Wildman–Crippen MR) is 110 cm³/mol. The number of rotatable bonds is 4. The lowest BCUT2D eigenvalue weighted by molar-refractivity contribution is 0.0730. The first-order valence-corrected chi connectivity index (χ1v) is 10.8. The van der Waals surface area contributed by atoms with Crippen LogP contribution in [0.5, 0.6) is 0 Å². The summed E-state index contributed by atoms with van der Waals surface area (Å²) in [5, 5.41) is 5.90. The Morgan fingerprint density at radius 3 is 2.07 bits per heavy atom. The summed E-state index contributed by atoms with van der Waals surface area (Å²) < 4.78 is 32.2. The van der Waals surface area contributed by atoms with Crippen molar-refractivity contribution in [2.75, 3.05) is 36.9 Å². The van der Waals surface area contributed by atoms with E-state index >= 15 is 0 Å². The van der Waals surface area contributed by atoms with Gasteiger partial charge in [0.2, 0.25) is 10.0 Å². The monoisotopic (exact) mass is 463 g/mol. The summed E-state index contributed by atoms with van der Waals surface area (Å²) in [7, 11) is -3.80. The lowest BCUT2D eigenvalue weighted by Gasteiger charge is -2.26. The van der Waals surface area contributed by atoms with E-state index < -0.39 is 16.1 Å². The van der Waals surface area contributed by atoms with E-state index in [1.54, 1.807) is 12.1 Å². The highest BCUT2D eigenvalue weighted by molar-refractivity contribution is 7.89. The third kappa shape index (κ3) is 4.89. The van der Waals surface area contributed by atoms with Crippen molar-refractivity contribution in [1.82, 2.24) is 4.31 Å². The van der Waals surface area contributed by atoms with E-state index in [1.807, 2.05) is 0 Å². The number of anilines is 2. The van der Waals surface area contributed by atoms with Gasteiger partial charge < -0.3 is 15.4 Å². The molecule has 1 aliphatic heterocycles. The van der Waals surface area contributed by atoms with Crippen LogP contribution < -0.4 is 10.6 Å². The zero-order valence-corrected chi connectivity index (χ0v) is 17.5. The molecule has 0 bridgehead atoms. The van der Waals surface area contributed by atoms with Crippen molar-refractivity contribution < 1.29 is 17.9 Å². The largest absolute Gasteiger partial charge is 0.379 e. The van der Waals surface area contributed by atoms with Crippen molar-refractivity contribution in [3.8, 4) is 0 Å². The molecule has 28 heavy (non-hydrogen) atoms. The molecule has 1 saturated heterocycles. The number of urea groups is 1. The minimum absolute atomic E-state index is 0.0712. The number of morpholine rings is 1. The van der Waals surface area contributed by atoms with Crippen LogP contribution in [0.15, 0.2) is 41.3 Å². The van der Waals surface area contributed by atoms with E-state index in [0.717, 1.165) is 0 Å². The van der Waals surface area contributed by atoms with Gasteiger partial charge in [-0.25, -0.2) is 13.2 Å². The van der Waals surface area contributed by atoms with Gasteiger partial charge in [0.1, 0.15) is 4.90 Å². The summed E-state index contributed by atoms with van der Waals surface area (Å²) in [4.78, 5) is 12.1. The fraction of sp³-hybridized carbons (Fsp3) is 0.235. The second-order valence-electron chi connectivity index (χ2n) is 5.87. The number of carbonyl (C=O) groups excluding carboxylic acids is 1. The van der Waals surface area contributed by atoms with Gasteiger partial charge in [0.05, 0.1) is 28.3 Å². The Hall–Kier alpha value is -1.55. The summed E-state index contributed by atoms with van der Waals surface area (Å²) in [6, 6.07) is 8.31. The zero-order valence-electron chi connectivity index (χ0n) is 14.4. The Kier molecular flexibility index (Phi) is 6.69. The number of amides is 2. The molecule has 1 fully saturated rings. The summed E-state index contributed by atoms with van der Waals surface area (Å²) in [6.07, 6.45) is 0. The van der Waals surface area contributed by atoms with E-state index in [2.05, 4.69) is 10.6 Å². The number of benzene rings is 2. The SMILES string of the molecule is O=C(Nc1ccc(Cl)c(Cl)c1)Nc1ccc(Cl)c(S(=O)(=O)N2CCOCC2)c1. The Bertz CT molecular complexity index is 995. The molecular formula is C17H16Cl3N3O4S. The molecule has 2 N–H and O–H groups in total. The summed E-state index contributed by atoms with van der Waals surface area (Å²) in [5.41, 5.74) is 0.704. The van der Waals surface area contributed by atoms with Crippen molar-refractivity contribution in [1.29, 1.82) is 0 Å². The van der Waals surface area contributed by atoms with Crippen LogP contribution in [0, 0.1) is 0 Å². The average Bonchev–Trinajstić information content (AvgIpc) is 2.67. The third-order valence-electron chi connectivity index (χ3n) is 3.95. The molecule has 2 amide bonds. The van der Waals surface area contributed by atoms with Gasteiger partial charge in [0, 0.05) is 24.5 Å². The number of nitrogens with zero attached hydrogens (tertiary/aromatic N) is 1. The highest BCUT2D eigenvalue weighted by atomic mass is 35.5. The molecule has 0 unspecified atom stereocenters. The second-order valence-corrected chi connectivity index (χ2v) is 9.00. The Balaban J connectivity index is 1.77. The fourth-order valence-electron chi connectivity index (χ4n) is 2.57. The van der Waals surface area contributed by atoms with Crippen LogP contribution in [0.1, 0.15) is 0 Å². The van der Waals surface area contributed by atoms with E-state index in [4.69, 9.17) is 39.5 Å². The number of nitrogens with one attached hydrogen (secondary N) is 2. The molecule has 0 saturated carbocycles. The molecule has 1 aliphatic rings. The number of halogens is 3. The molecule has 2 aromatic rings. The number of sulfonamides is 1. The van der Waals surface area contributed by atoms with Crippen LogP contribution in [0.4, 0.5) is 16.2 Å². The van der Waals surface area contributed by atoms with Crippen molar-refractivity contribution in [2.24, 2.45) is 0 Å². The minimum Gasteiger partial charge on any atom is -0.379 e. The Morgan fingerprint density at radius 1 is 0.893 bits per heavy atom. The average molecular weight is 465 g/mol. The van der Waals surface area contributed by atoms with Crippen LogP contribution in [-0.2, 0) is 14.8 Å². The number of carbonyl (C=O) groups is 1. The second kappa shape index (κ2) is 8.86. The Labute approximate surface area is 177 Å². The van der Waals surface area contributed by atoms with E-state index in [9.17, 15) is 13.2 Å². The molecule has 150 valence electrons. The Morgan fingerprint density at radius 2 is 1.46 bits per heavy atom. The first-order valence-electron chi connectivity index (χ1n) is 8.18. The topological polar surface area (TPSA) is 87.7 Å². The molecule has 0 radical (unpaired) electrons. The van der Waals surface area contributed by atoms with Crippen LogP contribution in [0.2, 0.25) is 15.1 Å². The first-order chi connectivity index (χ1) is 13.3. The number of hydrogen-bond donors (Lipinski definition) is 2. The quantitative estimate of drug-likeness (QED) is 0.706. The highest BCUT2D eigenvalue weighted by Gasteiger charge is 2.28. The highest BCUT2D eigenvalue weighted by Crippen LogP contribution is 2.29. The van der Waals surface area contributed by atoms with Gasteiger partial charge in [0.15, 0.2) is 0 Å². The normalized spacial score (nSPS) is 15.2. The van der Waals surface area contributed by atoms with Crippen LogP contribution in [0.25, 0.3) is 0 Å². The molecule has 0 aliphatic carbocycles. The van der Waals surface area contributed by atoms with Crippen molar-refractivity contribution in [3.63, 3.8) is 0 Å². The van der Waals surface area contributed by atoms with Crippen molar-refractivity contribution >= 4 is 62.2 Å². The van der Waals surface area contributed by atoms with Crippen molar-refractivity contribution in [3.05, 3.63) is 51.5 Å². The first kappa shape index (κ1) is 21.2. The van der Waals surface area contributed by atoms with Crippen LogP contribution in [0.3, 0.4) is 0 Å². The summed E-state index contributed by atoms with van der Waals surface area (Å²) >= 11 is 17.9. The predicted octanol–water partition coefficient (Wildman–Crippen LogP) is 4.31. The maximum atomic E-state index is 12.8. The molecule has 2 aromatic carbocycles. The summed E-state index contributed by atoms with van der Waals surface area (Å²) in [5.74, 6) is 0. The maximum Gasteiger partial charge on any atom is 0.323 e. The van der Waals surface area contributed by atoms with Crippen molar-refractivity contribution in [2.45, 2.75) is 4.90 Å². The molecule has 1 heterocycles. The smallest absolute Gasteiger partial charge is 0.323 e. The van der Waals surface area contributed by atoms with Gasteiger partial charge in [0.25, 0.3) is 0 Å². The van der Waals surface area contributed by atoms with Gasteiger partial charge in [-0.05, 0) is 36.4 Å². The van der Waals surface area contributed by atoms with E-state index in [1.165, 1.54) is 28.6 Å². The van der Waals surface area contributed by atoms with E-state index in [-0.39, 0.29) is 28.7 Å². The molecular weight excluding hydrogens is 449 g/mol. The standard InChI is InChI=1S/C17H16Cl3N3O4S/c18-13-3-1-11(9-15(13)20)21-17(24)22-12-2-4-14(19)16(10-12)28(25,26)23-5-7-27-8-6-23/h1-4,9-10H,5-8H2,(H2,21,22,24). The molecule has 3 rings (SSSR count). The fourth-order valence-corrected chi connectivity index (χ4v) is 4.78. The summed E-state index contributed by atoms with van der Waals surface area (Å²) in [6.45, 7) is 1.13. The molecule has 0 atom stereocenters. The van der Waals surface area contributed by atoms with Gasteiger partial charge >= 0.3 is 6.03 Å². The maximum absolute atomic E-state index is 12.8. The van der Waals surface area contributed by atoms with E-state index in [0.29, 0.717) is 28.9 Å².